The molecule has 7 heteroatoms. The fraction of sp³-hybridized carbons (Fsp3) is 0.250. The SMILES string of the molecule is COc1cc(-c2cc(N)no2)c(OC)c(F)c1OC. The molecule has 0 fully saturated rings. The summed E-state index contributed by atoms with van der Waals surface area (Å²) in [4.78, 5) is 0. The van der Waals surface area contributed by atoms with Gasteiger partial charge in [0.25, 0.3) is 0 Å². The molecule has 1 heterocycles. The molecule has 102 valence electrons. The van der Waals surface area contributed by atoms with Gasteiger partial charge in [-0.1, -0.05) is 5.16 Å². The summed E-state index contributed by atoms with van der Waals surface area (Å²) in [5, 5.41) is 3.55. The Labute approximate surface area is 108 Å². The lowest BCUT2D eigenvalue weighted by Crippen LogP contribution is -1.99. The van der Waals surface area contributed by atoms with Crippen LogP contribution in [0.15, 0.2) is 16.7 Å². The van der Waals surface area contributed by atoms with E-state index in [2.05, 4.69) is 5.16 Å². The van der Waals surface area contributed by atoms with Crippen molar-refractivity contribution in [2.45, 2.75) is 0 Å². The van der Waals surface area contributed by atoms with Crippen LogP contribution in [-0.4, -0.2) is 26.5 Å². The van der Waals surface area contributed by atoms with Crippen LogP contribution < -0.4 is 19.9 Å². The van der Waals surface area contributed by atoms with E-state index in [-0.39, 0.29) is 28.8 Å². The predicted octanol–water partition coefficient (Wildman–Crippen LogP) is 2.09. The van der Waals surface area contributed by atoms with E-state index in [0.29, 0.717) is 5.56 Å². The Hall–Kier alpha value is -2.44. The highest BCUT2D eigenvalue weighted by atomic mass is 19.1. The molecule has 0 spiro atoms. The van der Waals surface area contributed by atoms with Crippen molar-refractivity contribution in [3.05, 3.63) is 17.9 Å². The minimum absolute atomic E-state index is 0.0335. The maximum Gasteiger partial charge on any atom is 0.211 e. The van der Waals surface area contributed by atoms with Crippen molar-refractivity contribution in [3.8, 4) is 28.6 Å². The summed E-state index contributed by atoms with van der Waals surface area (Å²) in [7, 11) is 4.09. The minimum atomic E-state index is -0.686. The van der Waals surface area contributed by atoms with Crippen LogP contribution >= 0.6 is 0 Å². The molecule has 0 radical (unpaired) electrons. The molecule has 0 saturated heterocycles. The fourth-order valence-electron chi connectivity index (χ4n) is 1.73. The number of nitrogens with two attached hydrogens (primary N) is 1. The molecular formula is C12H13FN2O4. The van der Waals surface area contributed by atoms with Crippen molar-refractivity contribution in [2.24, 2.45) is 0 Å². The third-order valence-electron chi connectivity index (χ3n) is 2.56. The molecular weight excluding hydrogens is 255 g/mol. The third kappa shape index (κ3) is 2.14. The average molecular weight is 268 g/mol. The number of nitrogens with zero attached hydrogens (tertiary/aromatic N) is 1. The second-order valence-corrected chi connectivity index (χ2v) is 3.62. The molecule has 0 aliphatic carbocycles. The van der Waals surface area contributed by atoms with E-state index >= 15 is 0 Å². The van der Waals surface area contributed by atoms with Crippen molar-refractivity contribution in [2.75, 3.05) is 27.1 Å². The number of ether oxygens (including phenoxy) is 3. The Morgan fingerprint density at radius 3 is 2.26 bits per heavy atom. The zero-order valence-corrected chi connectivity index (χ0v) is 10.7. The number of nitrogen functional groups attached to an aromatic ring is 1. The Morgan fingerprint density at radius 1 is 1.11 bits per heavy atom. The van der Waals surface area contributed by atoms with Crippen LogP contribution in [0.5, 0.6) is 17.2 Å². The normalized spacial score (nSPS) is 10.3. The number of anilines is 1. The zero-order valence-electron chi connectivity index (χ0n) is 10.7. The van der Waals surface area contributed by atoms with E-state index in [9.17, 15) is 4.39 Å². The number of hydrogen-bond donors (Lipinski definition) is 1. The molecule has 1 aromatic heterocycles. The van der Waals surface area contributed by atoms with Gasteiger partial charge >= 0.3 is 0 Å². The maximum absolute atomic E-state index is 14.3. The van der Waals surface area contributed by atoms with Crippen molar-refractivity contribution < 1.29 is 23.1 Å². The predicted molar refractivity (Wildman–Crippen MR) is 66.0 cm³/mol. The Morgan fingerprint density at radius 2 is 1.79 bits per heavy atom. The summed E-state index contributed by atoms with van der Waals surface area (Å²) >= 11 is 0. The number of aromatic nitrogens is 1. The molecule has 0 unspecified atom stereocenters. The number of halogens is 1. The molecule has 1 aromatic carbocycles. The molecule has 2 N–H and O–H groups in total. The summed E-state index contributed by atoms with van der Waals surface area (Å²) in [5.41, 5.74) is 5.81. The first-order chi connectivity index (χ1) is 9.12. The maximum atomic E-state index is 14.3. The van der Waals surface area contributed by atoms with Gasteiger partial charge in [0.1, 0.15) is 0 Å². The Bertz CT molecular complexity index is 598. The minimum Gasteiger partial charge on any atom is -0.493 e. The van der Waals surface area contributed by atoms with Crippen LogP contribution in [-0.2, 0) is 0 Å². The molecule has 2 aromatic rings. The number of rotatable bonds is 4. The standard InChI is InChI=1S/C12H13FN2O4/c1-16-8-4-6(7-5-9(14)15-19-7)11(17-2)10(13)12(8)18-3/h4-5H,1-3H3,(H2,14,15). The van der Waals surface area contributed by atoms with Gasteiger partial charge < -0.3 is 24.5 Å². The Kier molecular flexibility index (Phi) is 3.46. The third-order valence-corrected chi connectivity index (χ3v) is 2.56. The van der Waals surface area contributed by atoms with Crippen molar-refractivity contribution in [1.82, 2.24) is 5.16 Å². The van der Waals surface area contributed by atoms with Gasteiger partial charge in [0.05, 0.1) is 26.9 Å². The zero-order chi connectivity index (χ0) is 14.0. The van der Waals surface area contributed by atoms with Gasteiger partial charge in [0, 0.05) is 6.07 Å². The smallest absolute Gasteiger partial charge is 0.211 e. The van der Waals surface area contributed by atoms with Gasteiger partial charge in [0.15, 0.2) is 23.1 Å². The van der Waals surface area contributed by atoms with Crippen LogP contribution in [0.3, 0.4) is 0 Å². The van der Waals surface area contributed by atoms with Crippen LogP contribution in [0.1, 0.15) is 0 Å². The largest absolute Gasteiger partial charge is 0.493 e. The highest BCUT2D eigenvalue weighted by molar-refractivity contribution is 5.72. The monoisotopic (exact) mass is 268 g/mol. The van der Waals surface area contributed by atoms with Gasteiger partial charge in [0.2, 0.25) is 11.6 Å². The Balaban J connectivity index is 2.69. The highest BCUT2D eigenvalue weighted by Gasteiger charge is 2.23. The van der Waals surface area contributed by atoms with E-state index in [1.54, 1.807) is 0 Å². The van der Waals surface area contributed by atoms with Crippen molar-refractivity contribution >= 4 is 5.82 Å². The second-order valence-electron chi connectivity index (χ2n) is 3.62. The first-order valence-electron chi connectivity index (χ1n) is 5.33. The van der Waals surface area contributed by atoms with Crippen LogP contribution in [0.4, 0.5) is 10.2 Å². The summed E-state index contributed by atoms with van der Waals surface area (Å²) in [5.74, 6) is -0.0917. The van der Waals surface area contributed by atoms with Crippen LogP contribution in [0.25, 0.3) is 11.3 Å². The topological polar surface area (TPSA) is 79.7 Å². The summed E-state index contributed by atoms with van der Waals surface area (Å²) < 4.78 is 34.3. The van der Waals surface area contributed by atoms with Crippen molar-refractivity contribution in [1.29, 1.82) is 0 Å². The van der Waals surface area contributed by atoms with Crippen LogP contribution in [0.2, 0.25) is 0 Å². The summed E-state index contributed by atoms with van der Waals surface area (Å²) in [6.45, 7) is 0. The lowest BCUT2D eigenvalue weighted by atomic mass is 10.1. The van der Waals surface area contributed by atoms with Gasteiger partial charge in [-0.3, -0.25) is 0 Å². The van der Waals surface area contributed by atoms with E-state index in [1.165, 1.54) is 33.5 Å². The van der Waals surface area contributed by atoms with E-state index in [4.69, 9.17) is 24.5 Å². The van der Waals surface area contributed by atoms with E-state index in [0.717, 1.165) is 0 Å². The fourth-order valence-corrected chi connectivity index (χ4v) is 1.73. The van der Waals surface area contributed by atoms with E-state index < -0.39 is 5.82 Å². The lowest BCUT2D eigenvalue weighted by molar-refractivity contribution is 0.320. The molecule has 0 atom stereocenters. The van der Waals surface area contributed by atoms with Gasteiger partial charge in [-0.2, -0.15) is 4.39 Å². The van der Waals surface area contributed by atoms with E-state index in [1.807, 2.05) is 0 Å². The number of methoxy groups -OCH3 is 3. The number of hydrogen-bond acceptors (Lipinski definition) is 6. The molecule has 6 nitrogen and oxygen atoms in total. The quantitative estimate of drug-likeness (QED) is 0.914. The number of benzene rings is 1. The highest BCUT2D eigenvalue weighted by Crippen LogP contribution is 2.43. The first-order valence-corrected chi connectivity index (χ1v) is 5.33. The molecule has 2 rings (SSSR count). The first kappa shape index (κ1) is 13.0. The molecule has 0 aliphatic heterocycles. The second kappa shape index (κ2) is 5.05. The molecule has 0 amide bonds. The average Bonchev–Trinajstić information content (AvgIpc) is 2.84. The van der Waals surface area contributed by atoms with Crippen molar-refractivity contribution in [3.63, 3.8) is 0 Å². The molecule has 0 bridgehead atoms. The molecule has 0 aliphatic rings. The summed E-state index contributed by atoms with van der Waals surface area (Å²) in [6, 6.07) is 2.99. The van der Waals surface area contributed by atoms with Gasteiger partial charge in [-0.25, -0.2) is 0 Å². The molecule has 19 heavy (non-hydrogen) atoms. The van der Waals surface area contributed by atoms with Gasteiger partial charge in [-0.15, -0.1) is 0 Å². The lowest BCUT2D eigenvalue weighted by Gasteiger charge is -2.14. The summed E-state index contributed by atoms with van der Waals surface area (Å²) in [6.07, 6.45) is 0. The van der Waals surface area contributed by atoms with Crippen LogP contribution in [0, 0.1) is 5.82 Å². The van der Waals surface area contributed by atoms with Gasteiger partial charge in [-0.05, 0) is 6.07 Å². The molecule has 0 saturated carbocycles.